The molecule has 2 amide bonds. The number of carbonyl (C=O) groups is 3. The van der Waals surface area contributed by atoms with Gasteiger partial charge in [0.05, 0.1) is 34.9 Å². The zero-order chi connectivity index (χ0) is 29.3. The van der Waals surface area contributed by atoms with Crippen molar-refractivity contribution in [2.45, 2.75) is 71.6 Å². The van der Waals surface area contributed by atoms with Gasteiger partial charge in [-0.1, -0.05) is 84.2 Å². The summed E-state index contributed by atoms with van der Waals surface area (Å²) in [6.45, 7) is 16.7. The van der Waals surface area contributed by atoms with Crippen LogP contribution in [0.3, 0.4) is 0 Å². The van der Waals surface area contributed by atoms with E-state index in [0.29, 0.717) is 16.7 Å². The molecule has 0 aromatic heterocycles. The number of para-hydroxylation sites is 1. The number of carbonyl (C=O) groups excluding carboxylic acids is 3. The van der Waals surface area contributed by atoms with Gasteiger partial charge < -0.3 is 24.8 Å². The Labute approximate surface area is 238 Å². The molecule has 8 nitrogen and oxygen atoms in total. The molecule has 1 aromatic carbocycles. The minimum absolute atomic E-state index is 0.0558. The second kappa shape index (κ2) is 14.3. The average molecular weight is 585 g/mol. The van der Waals surface area contributed by atoms with E-state index in [1.54, 1.807) is 24.3 Å². The van der Waals surface area contributed by atoms with Crippen molar-refractivity contribution in [3.8, 4) is 0 Å². The smallest absolute Gasteiger partial charge is 0.325 e. The summed E-state index contributed by atoms with van der Waals surface area (Å²) < 4.78 is 16.6. The number of thioether (sulfide) groups is 1. The van der Waals surface area contributed by atoms with Gasteiger partial charge >= 0.3 is 18.0 Å². The van der Waals surface area contributed by atoms with E-state index < -0.39 is 37.5 Å². The van der Waals surface area contributed by atoms with Crippen molar-refractivity contribution in [1.29, 1.82) is 0 Å². The van der Waals surface area contributed by atoms with E-state index in [4.69, 9.17) is 26.4 Å². The lowest BCUT2D eigenvalue weighted by Gasteiger charge is -2.42. The van der Waals surface area contributed by atoms with Gasteiger partial charge in [-0.3, -0.25) is 9.59 Å². The Bertz CT molecular complexity index is 945. The highest BCUT2D eigenvalue weighted by Gasteiger charge is 2.58. The SMILES string of the molecule is COC(=O)C(CC(SC(=S)OCC(C)(C)C)[Si](C)(C)C)(C(=O)OC)C(NC(=O)Nc1ccccc1)C(C)C. The standard InChI is InChI=1S/C27H44N2O6S2Si/c1-18(2)21(29-24(32)28-19-14-12-11-13-15-19)27(22(30)33-6,23(31)34-7)16-20(38(8,9)10)37-25(36)35-17-26(3,4)5/h11-15,18,20-21H,16-17H2,1-10H3,(H2,28,29,32). The molecule has 11 heteroatoms. The van der Waals surface area contributed by atoms with Crippen LogP contribution in [0.1, 0.15) is 41.0 Å². The Kier molecular flexibility index (Phi) is 12.8. The number of benzene rings is 1. The molecule has 0 aliphatic carbocycles. The summed E-state index contributed by atoms with van der Waals surface area (Å²) in [5.41, 5.74) is -1.32. The van der Waals surface area contributed by atoms with E-state index in [1.165, 1.54) is 26.0 Å². The van der Waals surface area contributed by atoms with Crippen LogP contribution < -0.4 is 10.6 Å². The molecule has 2 unspecified atom stereocenters. The molecule has 0 radical (unpaired) electrons. The molecule has 0 saturated heterocycles. The highest BCUT2D eigenvalue weighted by atomic mass is 32.2. The lowest BCUT2D eigenvalue weighted by molar-refractivity contribution is -0.173. The van der Waals surface area contributed by atoms with Gasteiger partial charge in [-0.25, -0.2) is 4.79 Å². The monoisotopic (exact) mass is 584 g/mol. The molecule has 0 aliphatic rings. The Hall–Kier alpha value is -2.11. The number of methoxy groups -OCH3 is 2. The lowest BCUT2D eigenvalue weighted by Crippen LogP contribution is -2.62. The van der Waals surface area contributed by atoms with Crippen LogP contribution in [0.4, 0.5) is 10.5 Å². The van der Waals surface area contributed by atoms with Gasteiger partial charge in [0.2, 0.25) is 4.38 Å². The first-order valence-electron chi connectivity index (χ1n) is 12.6. The van der Waals surface area contributed by atoms with E-state index >= 15 is 0 Å². The van der Waals surface area contributed by atoms with E-state index in [-0.39, 0.29) is 22.6 Å². The van der Waals surface area contributed by atoms with Crippen LogP contribution in [0.2, 0.25) is 19.6 Å². The number of hydrogen-bond donors (Lipinski definition) is 2. The van der Waals surface area contributed by atoms with Crippen LogP contribution in [0.25, 0.3) is 0 Å². The fraction of sp³-hybridized carbons (Fsp3) is 0.630. The summed E-state index contributed by atoms with van der Waals surface area (Å²) >= 11 is 6.91. The third-order valence-electron chi connectivity index (χ3n) is 5.95. The fourth-order valence-electron chi connectivity index (χ4n) is 3.93. The van der Waals surface area contributed by atoms with Gasteiger partial charge in [-0.05, 0) is 42.1 Å². The third-order valence-corrected chi connectivity index (χ3v) is 11.7. The number of nitrogens with one attached hydrogen (secondary N) is 2. The minimum atomic E-state index is -2.08. The maximum absolute atomic E-state index is 13.6. The summed E-state index contributed by atoms with van der Waals surface area (Å²) in [7, 11) is 0.381. The van der Waals surface area contributed by atoms with E-state index in [2.05, 4.69) is 51.0 Å². The predicted molar refractivity (Wildman–Crippen MR) is 161 cm³/mol. The van der Waals surface area contributed by atoms with Gasteiger partial charge in [0.1, 0.15) is 0 Å². The second-order valence-electron chi connectivity index (χ2n) is 11.9. The highest BCUT2D eigenvalue weighted by molar-refractivity contribution is 8.23. The number of hydrogen-bond acceptors (Lipinski definition) is 8. The molecular formula is C27H44N2O6S2Si. The van der Waals surface area contributed by atoms with Crippen LogP contribution in [0.5, 0.6) is 0 Å². The highest BCUT2D eigenvalue weighted by Crippen LogP contribution is 2.42. The lowest BCUT2D eigenvalue weighted by atomic mass is 9.72. The molecule has 0 heterocycles. The first-order chi connectivity index (χ1) is 17.5. The molecule has 38 heavy (non-hydrogen) atoms. The molecule has 2 N–H and O–H groups in total. The van der Waals surface area contributed by atoms with Crippen LogP contribution in [-0.4, -0.2) is 62.2 Å². The fourth-order valence-corrected chi connectivity index (χ4v) is 7.97. The van der Waals surface area contributed by atoms with Gasteiger partial charge in [0.25, 0.3) is 0 Å². The number of anilines is 1. The summed E-state index contributed by atoms with van der Waals surface area (Å²) in [6, 6.07) is 7.43. The van der Waals surface area contributed by atoms with Gasteiger partial charge in [-0.15, -0.1) is 0 Å². The van der Waals surface area contributed by atoms with Crippen LogP contribution in [0.15, 0.2) is 30.3 Å². The van der Waals surface area contributed by atoms with Crippen LogP contribution >= 0.6 is 24.0 Å². The Morgan fingerprint density at radius 2 is 1.53 bits per heavy atom. The van der Waals surface area contributed by atoms with Crippen LogP contribution in [-0.2, 0) is 23.8 Å². The summed E-state index contributed by atoms with van der Waals surface area (Å²) in [6.07, 6.45) is 0.0558. The number of amides is 2. The Morgan fingerprint density at radius 3 is 1.95 bits per heavy atom. The molecule has 0 fully saturated rings. The second-order valence-corrected chi connectivity index (χ2v) is 19.6. The largest absolute Gasteiger partial charge is 0.478 e. The molecule has 0 spiro atoms. The van der Waals surface area contributed by atoms with Crippen molar-refractivity contribution in [3.63, 3.8) is 0 Å². The molecule has 0 saturated carbocycles. The number of thiocarbonyl (C=S) groups is 1. The molecular weight excluding hydrogens is 541 g/mol. The Balaban J connectivity index is 3.50. The summed E-state index contributed by atoms with van der Waals surface area (Å²) in [5, 5.41) is 5.65. The molecule has 0 bridgehead atoms. The molecule has 214 valence electrons. The maximum Gasteiger partial charge on any atom is 0.325 e. The Morgan fingerprint density at radius 1 is 1.00 bits per heavy atom. The molecule has 1 rings (SSSR count). The topological polar surface area (TPSA) is 103 Å². The van der Waals surface area contributed by atoms with E-state index in [9.17, 15) is 14.4 Å². The minimum Gasteiger partial charge on any atom is -0.478 e. The van der Waals surface area contributed by atoms with Crippen molar-refractivity contribution < 1.29 is 28.6 Å². The third kappa shape index (κ3) is 9.89. The first-order valence-corrected chi connectivity index (χ1v) is 17.5. The zero-order valence-electron chi connectivity index (χ0n) is 24.3. The maximum atomic E-state index is 13.6. The van der Waals surface area contributed by atoms with Gasteiger partial charge in [-0.2, -0.15) is 0 Å². The summed E-state index contributed by atoms with van der Waals surface area (Å²) in [4.78, 5) is 40.0. The zero-order valence-corrected chi connectivity index (χ0v) is 26.9. The summed E-state index contributed by atoms with van der Waals surface area (Å²) in [5.74, 6) is -1.87. The molecule has 1 aromatic rings. The number of ether oxygens (including phenoxy) is 3. The first kappa shape index (κ1) is 33.9. The normalized spacial score (nSPS) is 13.8. The van der Waals surface area contributed by atoms with Crippen LogP contribution in [0, 0.1) is 16.7 Å². The van der Waals surface area contributed by atoms with Crippen molar-refractivity contribution in [1.82, 2.24) is 5.32 Å². The number of rotatable bonds is 11. The van der Waals surface area contributed by atoms with E-state index in [1.807, 2.05) is 19.9 Å². The van der Waals surface area contributed by atoms with Crippen molar-refractivity contribution in [2.75, 3.05) is 26.1 Å². The van der Waals surface area contributed by atoms with Crippen molar-refractivity contribution >= 4 is 60.1 Å². The quantitative estimate of drug-likeness (QED) is 0.144. The molecule has 0 aliphatic heterocycles. The van der Waals surface area contributed by atoms with Gasteiger partial charge in [0.15, 0.2) is 5.41 Å². The van der Waals surface area contributed by atoms with Crippen molar-refractivity contribution in [2.24, 2.45) is 16.7 Å². The van der Waals surface area contributed by atoms with Crippen molar-refractivity contribution in [3.05, 3.63) is 30.3 Å². The number of urea groups is 1. The predicted octanol–water partition coefficient (Wildman–Crippen LogP) is 5.88. The van der Waals surface area contributed by atoms with E-state index in [0.717, 1.165) is 0 Å². The number of esters is 2. The van der Waals surface area contributed by atoms with Gasteiger partial charge in [0, 0.05) is 10.6 Å². The average Bonchev–Trinajstić information content (AvgIpc) is 2.82. The molecule has 2 atom stereocenters.